The Morgan fingerprint density at radius 2 is 1.74 bits per heavy atom. The fourth-order valence-corrected chi connectivity index (χ4v) is 3.78. The standard InChI is InChI=1S/C25H26N4O2/c1-16-5-7-17(8-6-16)22-14-29-20(15-30-22)13-21(27-29)24-26-23(28-31-24)18-9-11-19(12-10-18)25(2,3)4/h5-13,22H,14-15H2,1-4H3. The molecule has 5 rings (SSSR count). The van der Waals surface area contributed by atoms with E-state index in [1.807, 2.05) is 22.9 Å². The first-order valence-electron chi connectivity index (χ1n) is 10.6. The Bertz CT molecular complexity index is 1200. The molecule has 1 aliphatic heterocycles. The first-order valence-corrected chi connectivity index (χ1v) is 10.6. The van der Waals surface area contributed by atoms with Crippen LogP contribution in [0, 0.1) is 6.92 Å². The van der Waals surface area contributed by atoms with Crippen LogP contribution in [0.1, 0.15) is 49.3 Å². The van der Waals surface area contributed by atoms with Crippen LogP contribution in [0.4, 0.5) is 0 Å². The minimum Gasteiger partial charge on any atom is -0.365 e. The molecular weight excluding hydrogens is 388 g/mol. The molecule has 4 aromatic rings. The van der Waals surface area contributed by atoms with Gasteiger partial charge in [-0.2, -0.15) is 10.1 Å². The zero-order valence-corrected chi connectivity index (χ0v) is 18.3. The molecule has 0 N–H and O–H groups in total. The van der Waals surface area contributed by atoms with Crippen molar-refractivity contribution in [2.45, 2.75) is 52.4 Å². The summed E-state index contributed by atoms with van der Waals surface area (Å²) in [5.74, 6) is 0.985. The van der Waals surface area contributed by atoms with E-state index in [4.69, 9.17) is 14.4 Å². The van der Waals surface area contributed by atoms with Crippen LogP contribution in [-0.2, 0) is 23.3 Å². The third-order valence-electron chi connectivity index (χ3n) is 5.74. The quantitative estimate of drug-likeness (QED) is 0.444. The summed E-state index contributed by atoms with van der Waals surface area (Å²) in [4.78, 5) is 4.58. The lowest BCUT2D eigenvalue weighted by atomic mass is 9.87. The molecule has 0 spiro atoms. The van der Waals surface area contributed by atoms with E-state index in [2.05, 4.69) is 74.2 Å². The van der Waals surface area contributed by atoms with Crippen molar-refractivity contribution in [3.63, 3.8) is 0 Å². The molecule has 1 aliphatic rings. The number of fused-ring (bicyclic) bond motifs is 1. The summed E-state index contributed by atoms with van der Waals surface area (Å²) < 4.78 is 13.6. The molecule has 1 unspecified atom stereocenters. The van der Waals surface area contributed by atoms with Crippen LogP contribution in [0.25, 0.3) is 23.0 Å². The molecule has 0 saturated heterocycles. The molecule has 158 valence electrons. The summed E-state index contributed by atoms with van der Waals surface area (Å²) in [6.07, 6.45) is -0.0135. The number of hydrogen-bond donors (Lipinski definition) is 0. The highest BCUT2D eigenvalue weighted by Gasteiger charge is 2.24. The summed E-state index contributed by atoms with van der Waals surface area (Å²) in [6.45, 7) is 9.83. The molecule has 0 fully saturated rings. The zero-order valence-electron chi connectivity index (χ0n) is 18.3. The fourth-order valence-electron chi connectivity index (χ4n) is 3.78. The van der Waals surface area contributed by atoms with Gasteiger partial charge in [0.1, 0.15) is 6.10 Å². The third-order valence-corrected chi connectivity index (χ3v) is 5.74. The fraction of sp³-hybridized carbons (Fsp3) is 0.320. The van der Waals surface area contributed by atoms with E-state index in [9.17, 15) is 0 Å². The van der Waals surface area contributed by atoms with E-state index in [-0.39, 0.29) is 11.5 Å². The molecule has 3 heterocycles. The Kier molecular flexibility index (Phi) is 4.74. The molecule has 0 saturated carbocycles. The lowest BCUT2D eigenvalue weighted by molar-refractivity contribution is -0.00113. The molecule has 2 aromatic heterocycles. The lowest BCUT2D eigenvalue weighted by Gasteiger charge is -2.24. The molecule has 6 nitrogen and oxygen atoms in total. The summed E-state index contributed by atoms with van der Waals surface area (Å²) in [7, 11) is 0. The van der Waals surface area contributed by atoms with E-state index >= 15 is 0 Å². The maximum Gasteiger partial charge on any atom is 0.278 e. The molecular formula is C25H26N4O2. The van der Waals surface area contributed by atoms with Gasteiger partial charge in [0.2, 0.25) is 5.82 Å². The van der Waals surface area contributed by atoms with E-state index in [0.717, 1.165) is 16.8 Å². The summed E-state index contributed by atoms with van der Waals surface area (Å²) >= 11 is 0. The monoisotopic (exact) mass is 414 g/mol. The van der Waals surface area contributed by atoms with Gasteiger partial charge in [-0.25, -0.2) is 0 Å². The average molecular weight is 415 g/mol. The summed E-state index contributed by atoms with van der Waals surface area (Å²) in [6, 6.07) is 18.7. The topological polar surface area (TPSA) is 66.0 Å². The van der Waals surface area contributed by atoms with Crippen LogP contribution < -0.4 is 0 Å². The highest BCUT2D eigenvalue weighted by atomic mass is 16.5. The van der Waals surface area contributed by atoms with Crippen molar-refractivity contribution in [1.82, 2.24) is 19.9 Å². The van der Waals surface area contributed by atoms with Gasteiger partial charge in [-0.1, -0.05) is 80.0 Å². The van der Waals surface area contributed by atoms with Crippen LogP contribution in [0.2, 0.25) is 0 Å². The molecule has 0 radical (unpaired) electrons. The van der Waals surface area contributed by atoms with E-state index in [1.54, 1.807) is 0 Å². The highest BCUT2D eigenvalue weighted by molar-refractivity contribution is 5.58. The number of ether oxygens (including phenoxy) is 1. The second kappa shape index (κ2) is 7.46. The molecule has 0 aliphatic carbocycles. The van der Waals surface area contributed by atoms with Gasteiger partial charge in [0.05, 0.1) is 18.8 Å². The van der Waals surface area contributed by atoms with Gasteiger partial charge in [-0.3, -0.25) is 4.68 Å². The first kappa shape index (κ1) is 19.7. The molecule has 6 heteroatoms. The molecule has 1 atom stereocenters. The van der Waals surface area contributed by atoms with Gasteiger partial charge in [0.15, 0.2) is 5.69 Å². The second-order valence-corrected chi connectivity index (χ2v) is 9.16. The van der Waals surface area contributed by atoms with Crippen molar-refractivity contribution in [2.75, 3.05) is 0 Å². The van der Waals surface area contributed by atoms with Gasteiger partial charge < -0.3 is 9.26 Å². The molecule has 0 amide bonds. The summed E-state index contributed by atoms with van der Waals surface area (Å²) in [5.41, 5.74) is 6.38. The Balaban J connectivity index is 1.36. The van der Waals surface area contributed by atoms with E-state index in [1.165, 1.54) is 11.1 Å². The number of aromatic nitrogens is 4. The molecule has 31 heavy (non-hydrogen) atoms. The van der Waals surface area contributed by atoms with Crippen LogP contribution in [0.15, 0.2) is 59.1 Å². The Morgan fingerprint density at radius 1 is 1.00 bits per heavy atom. The van der Waals surface area contributed by atoms with Crippen molar-refractivity contribution in [3.8, 4) is 23.0 Å². The van der Waals surface area contributed by atoms with Crippen molar-refractivity contribution in [1.29, 1.82) is 0 Å². The SMILES string of the molecule is Cc1ccc(C2Cn3nc(-c4nc(-c5ccc(C(C)(C)C)cc5)no4)cc3CO2)cc1. The van der Waals surface area contributed by atoms with Crippen molar-refractivity contribution in [3.05, 3.63) is 77.0 Å². The van der Waals surface area contributed by atoms with Gasteiger partial charge in [-0.15, -0.1) is 0 Å². The number of rotatable bonds is 3. The molecule has 0 bridgehead atoms. The Morgan fingerprint density at radius 3 is 2.45 bits per heavy atom. The maximum atomic E-state index is 6.07. The van der Waals surface area contributed by atoms with Gasteiger partial charge in [0.25, 0.3) is 5.89 Å². The van der Waals surface area contributed by atoms with Crippen molar-refractivity contribution >= 4 is 0 Å². The normalized spacial score (nSPS) is 16.3. The number of benzene rings is 2. The van der Waals surface area contributed by atoms with E-state index in [0.29, 0.717) is 30.6 Å². The maximum absolute atomic E-state index is 6.07. The number of nitrogens with zero attached hydrogens (tertiary/aromatic N) is 4. The van der Waals surface area contributed by atoms with Gasteiger partial charge in [-0.05, 0) is 29.5 Å². The minimum absolute atomic E-state index is 0.0135. The third kappa shape index (κ3) is 3.91. The largest absolute Gasteiger partial charge is 0.365 e. The van der Waals surface area contributed by atoms with E-state index < -0.39 is 0 Å². The summed E-state index contributed by atoms with van der Waals surface area (Å²) in [5, 5.41) is 8.87. The van der Waals surface area contributed by atoms with Crippen molar-refractivity contribution in [2.24, 2.45) is 0 Å². The average Bonchev–Trinajstić information content (AvgIpc) is 3.40. The van der Waals surface area contributed by atoms with Gasteiger partial charge in [0, 0.05) is 5.56 Å². The smallest absolute Gasteiger partial charge is 0.278 e. The highest BCUT2D eigenvalue weighted by Crippen LogP contribution is 2.30. The first-order chi connectivity index (χ1) is 14.9. The molecule has 2 aromatic carbocycles. The van der Waals surface area contributed by atoms with Crippen LogP contribution in [-0.4, -0.2) is 19.9 Å². The lowest BCUT2D eigenvalue weighted by Crippen LogP contribution is -2.21. The predicted octanol–water partition coefficient (Wildman–Crippen LogP) is 5.48. The zero-order chi connectivity index (χ0) is 21.6. The van der Waals surface area contributed by atoms with Gasteiger partial charge >= 0.3 is 0 Å². The predicted molar refractivity (Wildman–Crippen MR) is 118 cm³/mol. The Labute approximate surface area is 181 Å². The number of aryl methyl sites for hydroxylation is 1. The van der Waals surface area contributed by atoms with Crippen molar-refractivity contribution < 1.29 is 9.26 Å². The van der Waals surface area contributed by atoms with Crippen LogP contribution in [0.5, 0.6) is 0 Å². The number of hydrogen-bond acceptors (Lipinski definition) is 5. The minimum atomic E-state index is -0.0135. The van der Waals surface area contributed by atoms with Crippen LogP contribution in [0.3, 0.4) is 0 Å². The van der Waals surface area contributed by atoms with Crippen LogP contribution >= 0.6 is 0 Å². The second-order valence-electron chi connectivity index (χ2n) is 9.16. The Hall–Kier alpha value is -3.25.